The van der Waals surface area contributed by atoms with Crippen molar-refractivity contribution in [1.29, 1.82) is 0 Å². The van der Waals surface area contributed by atoms with Gasteiger partial charge in [-0.25, -0.2) is 5.14 Å². The number of nitrogens with one attached hydrogen (secondary N) is 1. The lowest BCUT2D eigenvalue weighted by Gasteiger charge is -1.99. The molecule has 1 aromatic heterocycles. The lowest BCUT2D eigenvalue weighted by molar-refractivity contribution is 0.583. The highest BCUT2D eigenvalue weighted by Gasteiger charge is 2.03. The summed E-state index contributed by atoms with van der Waals surface area (Å²) >= 11 is 1.51. The van der Waals surface area contributed by atoms with Gasteiger partial charge in [-0.15, -0.1) is 11.3 Å². The molecule has 1 heterocycles. The zero-order chi connectivity index (χ0) is 9.19. The molecule has 0 radical (unpaired) electrons. The monoisotopic (exact) mass is 206 g/mol. The molecule has 0 aliphatic heterocycles. The van der Waals surface area contributed by atoms with Gasteiger partial charge < -0.3 is 0 Å². The first-order chi connectivity index (χ1) is 5.49. The number of hydrogen-bond acceptors (Lipinski definition) is 3. The van der Waals surface area contributed by atoms with Crippen molar-refractivity contribution in [1.82, 2.24) is 4.72 Å². The minimum Gasteiger partial charge on any atom is -0.216 e. The molecule has 1 aromatic rings. The highest BCUT2D eigenvalue weighted by molar-refractivity contribution is 7.87. The Labute approximate surface area is 75.6 Å². The van der Waals surface area contributed by atoms with Crippen molar-refractivity contribution in [2.75, 3.05) is 0 Å². The summed E-state index contributed by atoms with van der Waals surface area (Å²) in [5, 5.41) is 6.68. The number of nitrogens with two attached hydrogens (primary N) is 1. The zero-order valence-corrected chi connectivity index (χ0v) is 8.21. The van der Waals surface area contributed by atoms with Crippen LogP contribution in [0.5, 0.6) is 0 Å². The second-order valence-electron chi connectivity index (χ2n) is 2.39. The Morgan fingerprint density at radius 1 is 1.67 bits per heavy atom. The molecule has 0 amide bonds. The van der Waals surface area contributed by atoms with Crippen molar-refractivity contribution in [2.24, 2.45) is 5.14 Å². The van der Waals surface area contributed by atoms with E-state index in [9.17, 15) is 8.42 Å². The fraction of sp³-hybridized carbons (Fsp3) is 0.333. The molecule has 0 saturated heterocycles. The summed E-state index contributed by atoms with van der Waals surface area (Å²) in [4.78, 5) is 0.990. The van der Waals surface area contributed by atoms with Gasteiger partial charge >= 0.3 is 0 Å². The second kappa shape index (κ2) is 3.53. The normalized spacial score (nSPS) is 11.8. The first-order valence-electron chi connectivity index (χ1n) is 3.29. The lowest BCUT2D eigenvalue weighted by atomic mass is 10.3. The van der Waals surface area contributed by atoms with Gasteiger partial charge in [0.2, 0.25) is 0 Å². The third-order valence-corrected chi connectivity index (χ3v) is 2.97. The summed E-state index contributed by atoms with van der Waals surface area (Å²) in [5.41, 5.74) is 1.08. The molecule has 0 atom stereocenters. The van der Waals surface area contributed by atoms with E-state index >= 15 is 0 Å². The molecule has 3 N–H and O–H groups in total. The molecule has 6 heteroatoms. The predicted octanol–water partition coefficient (Wildman–Crippen LogP) is 0.350. The first-order valence-corrected chi connectivity index (χ1v) is 5.72. The van der Waals surface area contributed by atoms with Gasteiger partial charge in [0.1, 0.15) is 0 Å². The van der Waals surface area contributed by atoms with E-state index in [4.69, 9.17) is 5.14 Å². The van der Waals surface area contributed by atoms with Crippen LogP contribution in [0.4, 0.5) is 0 Å². The minimum absolute atomic E-state index is 0.280. The summed E-state index contributed by atoms with van der Waals surface area (Å²) in [6.07, 6.45) is 0. The van der Waals surface area contributed by atoms with Gasteiger partial charge in [0.15, 0.2) is 0 Å². The third kappa shape index (κ3) is 2.90. The van der Waals surface area contributed by atoms with Crippen LogP contribution in [0.25, 0.3) is 0 Å². The Hall–Kier alpha value is -0.430. The maximum atomic E-state index is 10.5. The molecule has 0 bridgehead atoms. The van der Waals surface area contributed by atoms with E-state index in [1.54, 1.807) is 0 Å². The Morgan fingerprint density at radius 3 is 2.75 bits per heavy atom. The highest BCUT2D eigenvalue weighted by atomic mass is 32.2. The Kier molecular flexibility index (Phi) is 2.84. The zero-order valence-electron chi connectivity index (χ0n) is 6.57. The summed E-state index contributed by atoms with van der Waals surface area (Å²) in [7, 11) is -3.56. The molecule has 68 valence electrons. The van der Waals surface area contributed by atoms with Gasteiger partial charge in [-0.05, 0) is 23.9 Å². The second-order valence-corrected chi connectivity index (χ2v) is 4.77. The van der Waals surface area contributed by atoms with E-state index < -0.39 is 10.2 Å². The SMILES string of the molecule is Cc1ccsc1CNS(N)(=O)=O. The summed E-state index contributed by atoms with van der Waals surface area (Å²) < 4.78 is 23.2. The van der Waals surface area contributed by atoms with E-state index in [-0.39, 0.29) is 6.54 Å². The van der Waals surface area contributed by atoms with Crippen molar-refractivity contribution in [3.63, 3.8) is 0 Å². The average molecular weight is 206 g/mol. The van der Waals surface area contributed by atoms with Gasteiger partial charge in [0.05, 0.1) is 0 Å². The standard InChI is InChI=1S/C6H10N2O2S2/c1-5-2-3-11-6(5)4-8-12(7,9)10/h2-3,8H,4H2,1H3,(H2,7,9,10). The molecule has 12 heavy (non-hydrogen) atoms. The van der Waals surface area contributed by atoms with Crippen LogP contribution in [0.2, 0.25) is 0 Å². The van der Waals surface area contributed by atoms with Crippen LogP contribution < -0.4 is 9.86 Å². The van der Waals surface area contributed by atoms with Crippen LogP contribution in [0.3, 0.4) is 0 Å². The Morgan fingerprint density at radius 2 is 2.33 bits per heavy atom. The third-order valence-electron chi connectivity index (χ3n) is 1.40. The molecule has 0 spiro atoms. The maximum absolute atomic E-state index is 10.5. The van der Waals surface area contributed by atoms with E-state index in [0.717, 1.165) is 10.4 Å². The van der Waals surface area contributed by atoms with E-state index in [0.29, 0.717) is 0 Å². The number of hydrogen-bond donors (Lipinski definition) is 2. The summed E-state index contributed by atoms with van der Waals surface area (Å²) in [6.45, 7) is 2.21. The molecule has 0 saturated carbocycles. The number of thiophene rings is 1. The largest absolute Gasteiger partial charge is 0.274 e. The molecular formula is C6H10N2O2S2. The van der Waals surface area contributed by atoms with E-state index in [1.807, 2.05) is 18.4 Å². The first kappa shape index (κ1) is 9.66. The maximum Gasteiger partial charge on any atom is 0.274 e. The van der Waals surface area contributed by atoms with Gasteiger partial charge in [0, 0.05) is 11.4 Å². The number of rotatable bonds is 3. The van der Waals surface area contributed by atoms with Crippen LogP contribution in [0.15, 0.2) is 11.4 Å². The molecule has 0 aromatic carbocycles. The van der Waals surface area contributed by atoms with Crippen molar-refractivity contribution < 1.29 is 8.42 Å². The van der Waals surface area contributed by atoms with Crippen LogP contribution in [0, 0.1) is 6.92 Å². The predicted molar refractivity (Wildman–Crippen MR) is 49.0 cm³/mol. The highest BCUT2D eigenvalue weighted by Crippen LogP contribution is 2.14. The van der Waals surface area contributed by atoms with E-state index in [1.165, 1.54) is 11.3 Å². The topological polar surface area (TPSA) is 72.2 Å². The lowest BCUT2D eigenvalue weighted by Crippen LogP contribution is -2.30. The van der Waals surface area contributed by atoms with Crippen molar-refractivity contribution >= 4 is 21.5 Å². The minimum atomic E-state index is -3.56. The summed E-state index contributed by atoms with van der Waals surface area (Å²) in [6, 6.07) is 1.94. The van der Waals surface area contributed by atoms with Gasteiger partial charge in [-0.3, -0.25) is 0 Å². The fourth-order valence-electron chi connectivity index (χ4n) is 0.751. The Balaban J connectivity index is 2.61. The van der Waals surface area contributed by atoms with Crippen molar-refractivity contribution in [2.45, 2.75) is 13.5 Å². The van der Waals surface area contributed by atoms with Crippen molar-refractivity contribution in [3.8, 4) is 0 Å². The molecule has 0 fully saturated rings. The van der Waals surface area contributed by atoms with E-state index in [2.05, 4.69) is 4.72 Å². The van der Waals surface area contributed by atoms with Crippen LogP contribution >= 0.6 is 11.3 Å². The van der Waals surface area contributed by atoms with Gasteiger partial charge in [-0.2, -0.15) is 13.1 Å². The smallest absolute Gasteiger partial charge is 0.216 e. The Bertz CT molecular complexity index is 355. The van der Waals surface area contributed by atoms with Crippen LogP contribution in [-0.2, 0) is 16.8 Å². The van der Waals surface area contributed by atoms with Gasteiger partial charge in [-0.1, -0.05) is 0 Å². The van der Waals surface area contributed by atoms with Crippen LogP contribution in [-0.4, -0.2) is 8.42 Å². The average Bonchev–Trinajstić information content (AvgIpc) is 2.29. The quantitative estimate of drug-likeness (QED) is 0.749. The molecule has 0 aliphatic carbocycles. The molecule has 0 unspecified atom stereocenters. The molecular weight excluding hydrogens is 196 g/mol. The van der Waals surface area contributed by atoms with Crippen molar-refractivity contribution in [3.05, 3.63) is 21.9 Å². The van der Waals surface area contributed by atoms with Crippen LogP contribution in [0.1, 0.15) is 10.4 Å². The molecule has 0 aliphatic rings. The molecule has 4 nitrogen and oxygen atoms in total. The fourth-order valence-corrected chi connectivity index (χ4v) is 2.03. The summed E-state index contributed by atoms with van der Waals surface area (Å²) in [5.74, 6) is 0. The van der Waals surface area contributed by atoms with Gasteiger partial charge in [0.25, 0.3) is 10.2 Å². The number of aryl methyl sites for hydroxylation is 1. The molecule has 1 rings (SSSR count).